The van der Waals surface area contributed by atoms with Gasteiger partial charge < -0.3 is 14.3 Å². The number of nitrogens with zero attached hydrogens (tertiary/aromatic N) is 1. The summed E-state index contributed by atoms with van der Waals surface area (Å²) in [5.74, 6) is 1.52. The van der Waals surface area contributed by atoms with Gasteiger partial charge in [-0.2, -0.15) is 0 Å². The van der Waals surface area contributed by atoms with Crippen molar-refractivity contribution in [1.29, 1.82) is 0 Å². The van der Waals surface area contributed by atoms with Crippen molar-refractivity contribution in [2.75, 3.05) is 26.8 Å². The number of carbonyl (C=O) groups is 1. The molecule has 23 heavy (non-hydrogen) atoms. The fraction of sp³-hybridized carbons (Fsp3) is 0.389. The van der Waals surface area contributed by atoms with Gasteiger partial charge in [-0.1, -0.05) is 18.2 Å². The number of furan rings is 1. The molecule has 5 heteroatoms. The normalized spacial score (nSPS) is 18.3. The zero-order valence-corrected chi connectivity index (χ0v) is 13.2. The fourth-order valence-corrected chi connectivity index (χ4v) is 3.02. The van der Waals surface area contributed by atoms with Gasteiger partial charge in [0.25, 0.3) is 0 Å². The van der Waals surface area contributed by atoms with Crippen molar-refractivity contribution >= 4 is 5.97 Å². The number of hydrogen-bond acceptors (Lipinski definition) is 5. The van der Waals surface area contributed by atoms with Crippen LogP contribution in [-0.4, -0.2) is 42.8 Å². The van der Waals surface area contributed by atoms with E-state index in [0.29, 0.717) is 17.2 Å². The monoisotopic (exact) mass is 315 g/mol. The van der Waals surface area contributed by atoms with Gasteiger partial charge in [0.1, 0.15) is 11.5 Å². The third-order valence-corrected chi connectivity index (χ3v) is 4.27. The average molecular weight is 315 g/mol. The number of benzene rings is 1. The van der Waals surface area contributed by atoms with Gasteiger partial charge >= 0.3 is 5.97 Å². The molecule has 1 aromatic carbocycles. The second-order valence-electron chi connectivity index (χ2n) is 5.88. The summed E-state index contributed by atoms with van der Waals surface area (Å²) in [5.41, 5.74) is 1.23. The first-order valence-corrected chi connectivity index (χ1v) is 7.81. The van der Waals surface area contributed by atoms with Crippen LogP contribution in [0.4, 0.5) is 0 Å². The van der Waals surface area contributed by atoms with Gasteiger partial charge in [-0.3, -0.25) is 4.90 Å². The molecule has 0 aliphatic carbocycles. The highest BCUT2D eigenvalue weighted by Crippen LogP contribution is 2.27. The molecule has 1 aromatic heterocycles. The van der Waals surface area contributed by atoms with Crippen LogP contribution in [0.25, 0.3) is 11.3 Å². The van der Waals surface area contributed by atoms with Crippen LogP contribution >= 0.6 is 0 Å². The lowest BCUT2D eigenvalue weighted by Gasteiger charge is -2.13. The van der Waals surface area contributed by atoms with Crippen molar-refractivity contribution in [3.05, 3.63) is 47.7 Å². The summed E-state index contributed by atoms with van der Waals surface area (Å²) in [6.07, 6.45) is 1.02. The maximum absolute atomic E-state index is 11.9. The Kier molecular flexibility index (Phi) is 4.79. The lowest BCUT2D eigenvalue weighted by Crippen LogP contribution is -2.20. The van der Waals surface area contributed by atoms with Crippen molar-refractivity contribution in [2.45, 2.75) is 13.0 Å². The molecule has 3 rings (SSSR count). The summed E-state index contributed by atoms with van der Waals surface area (Å²) in [5, 5.41) is 9.21. The van der Waals surface area contributed by atoms with Gasteiger partial charge in [0, 0.05) is 18.7 Å². The Balaban J connectivity index is 1.76. The first-order chi connectivity index (χ1) is 11.2. The molecule has 2 aromatic rings. The Labute approximate surface area is 135 Å². The quantitative estimate of drug-likeness (QED) is 0.859. The Morgan fingerprint density at radius 3 is 2.91 bits per heavy atom. The number of aliphatic hydroxyl groups excluding tert-OH is 1. The van der Waals surface area contributed by atoms with Crippen LogP contribution in [0.5, 0.6) is 0 Å². The summed E-state index contributed by atoms with van der Waals surface area (Å²) in [6, 6.07) is 11.1. The molecule has 0 unspecified atom stereocenters. The second-order valence-corrected chi connectivity index (χ2v) is 5.88. The third-order valence-electron chi connectivity index (χ3n) is 4.27. The Hall–Kier alpha value is -2.11. The molecule has 0 amide bonds. The standard InChI is InChI=1S/C18H21NO4/c1-22-18(21)16-5-3-2-4-15(16)17-7-6-14(23-17)11-19-9-8-13(10-19)12-20/h2-7,13,20H,8-12H2,1H3/t13-/m1/s1. The summed E-state index contributed by atoms with van der Waals surface area (Å²) < 4.78 is 10.7. The van der Waals surface area contributed by atoms with E-state index in [0.717, 1.165) is 37.4 Å². The van der Waals surface area contributed by atoms with Gasteiger partial charge in [-0.05, 0) is 37.1 Å². The molecule has 0 spiro atoms. The molecule has 5 nitrogen and oxygen atoms in total. The Morgan fingerprint density at radius 2 is 2.17 bits per heavy atom. The lowest BCUT2D eigenvalue weighted by atomic mass is 10.1. The molecule has 1 fully saturated rings. The molecule has 2 heterocycles. The number of likely N-dealkylation sites (tertiary alicyclic amines) is 1. The van der Waals surface area contributed by atoms with Crippen molar-refractivity contribution in [3.8, 4) is 11.3 Å². The number of carbonyl (C=O) groups excluding carboxylic acids is 1. The van der Waals surface area contributed by atoms with Crippen LogP contribution in [0.3, 0.4) is 0 Å². The minimum Gasteiger partial charge on any atom is -0.465 e. The molecule has 122 valence electrons. The number of esters is 1. The van der Waals surface area contributed by atoms with Crippen LogP contribution in [0.1, 0.15) is 22.5 Å². The molecule has 1 saturated heterocycles. The van der Waals surface area contributed by atoms with Gasteiger partial charge in [0.05, 0.1) is 19.2 Å². The van der Waals surface area contributed by atoms with E-state index >= 15 is 0 Å². The Bertz CT molecular complexity index is 679. The van der Waals surface area contributed by atoms with E-state index in [9.17, 15) is 9.90 Å². The Morgan fingerprint density at radius 1 is 1.35 bits per heavy atom. The fourth-order valence-electron chi connectivity index (χ4n) is 3.02. The maximum Gasteiger partial charge on any atom is 0.338 e. The molecule has 1 atom stereocenters. The van der Waals surface area contributed by atoms with E-state index in [1.165, 1.54) is 7.11 Å². The second kappa shape index (κ2) is 6.98. The number of aliphatic hydroxyl groups is 1. The molecule has 1 aliphatic heterocycles. The summed E-state index contributed by atoms with van der Waals surface area (Å²) >= 11 is 0. The third kappa shape index (κ3) is 3.46. The molecular weight excluding hydrogens is 294 g/mol. The molecular formula is C18H21NO4. The van der Waals surface area contributed by atoms with Crippen molar-refractivity contribution < 1.29 is 19.1 Å². The molecule has 0 bridgehead atoms. The van der Waals surface area contributed by atoms with Crippen molar-refractivity contribution in [2.24, 2.45) is 5.92 Å². The summed E-state index contributed by atoms with van der Waals surface area (Å²) in [4.78, 5) is 14.1. The van der Waals surface area contributed by atoms with Crippen LogP contribution in [0, 0.1) is 5.92 Å². The van der Waals surface area contributed by atoms with Gasteiger partial charge in [0.2, 0.25) is 0 Å². The number of ether oxygens (including phenoxy) is 1. The predicted molar refractivity (Wildman–Crippen MR) is 86.0 cm³/mol. The molecule has 1 aliphatic rings. The van der Waals surface area contributed by atoms with Crippen LogP contribution < -0.4 is 0 Å². The molecule has 0 radical (unpaired) electrons. The highest BCUT2D eigenvalue weighted by Gasteiger charge is 2.23. The van der Waals surface area contributed by atoms with E-state index in [1.807, 2.05) is 24.3 Å². The van der Waals surface area contributed by atoms with E-state index in [2.05, 4.69) is 4.90 Å². The highest BCUT2D eigenvalue weighted by atomic mass is 16.5. The minimum absolute atomic E-state index is 0.242. The smallest absolute Gasteiger partial charge is 0.338 e. The average Bonchev–Trinajstić information content (AvgIpc) is 3.24. The van der Waals surface area contributed by atoms with Gasteiger partial charge in [-0.15, -0.1) is 0 Å². The zero-order chi connectivity index (χ0) is 16.2. The summed E-state index contributed by atoms with van der Waals surface area (Å²) in [7, 11) is 1.37. The van der Waals surface area contributed by atoms with E-state index in [4.69, 9.17) is 9.15 Å². The number of methoxy groups -OCH3 is 1. The highest BCUT2D eigenvalue weighted by molar-refractivity contribution is 5.96. The summed E-state index contributed by atoms with van der Waals surface area (Å²) in [6.45, 7) is 2.83. The number of rotatable bonds is 5. The SMILES string of the molecule is COC(=O)c1ccccc1-c1ccc(CN2CC[C@@H](CO)C2)o1. The topological polar surface area (TPSA) is 62.9 Å². The van der Waals surface area contributed by atoms with Gasteiger partial charge in [0.15, 0.2) is 0 Å². The van der Waals surface area contributed by atoms with Crippen LogP contribution in [-0.2, 0) is 11.3 Å². The first kappa shape index (κ1) is 15.8. The predicted octanol–water partition coefficient (Wildman–Crippen LogP) is 2.55. The van der Waals surface area contributed by atoms with E-state index in [1.54, 1.807) is 12.1 Å². The van der Waals surface area contributed by atoms with Crippen molar-refractivity contribution in [3.63, 3.8) is 0 Å². The molecule has 1 N–H and O–H groups in total. The first-order valence-electron chi connectivity index (χ1n) is 7.81. The number of hydrogen-bond donors (Lipinski definition) is 1. The van der Waals surface area contributed by atoms with E-state index < -0.39 is 0 Å². The van der Waals surface area contributed by atoms with Crippen molar-refractivity contribution in [1.82, 2.24) is 4.90 Å². The van der Waals surface area contributed by atoms with Crippen LogP contribution in [0.2, 0.25) is 0 Å². The van der Waals surface area contributed by atoms with E-state index in [-0.39, 0.29) is 12.6 Å². The zero-order valence-electron chi connectivity index (χ0n) is 13.2. The van der Waals surface area contributed by atoms with Gasteiger partial charge in [-0.25, -0.2) is 4.79 Å². The lowest BCUT2D eigenvalue weighted by molar-refractivity contribution is 0.0601. The minimum atomic E-state index is -0.371. The van der Waals surface area contributed by atoms with Crippen LogP contribution in [0.15, 0.2) is 40.8 Å². The largest absolute Gasteiger partial charge is 0.465 e. The maximum atomic E-state index is 11.9. The molecule has 0 saturated carbocycles.